The van der Waals surface area contributed by atoms with E-state index in [4.69, 9.17) is 28.8 Å². The van der Waals surface area contributed by atoms with Crippen molar-refractivity contribution in [2.45, 2.75) is 180 Å². The highest BCUT2D eigenvalue weighted by molar-refractivity contribution is 5.86. The van der Waals surface area contributed by atoms with Crippen LogP contribution in [0.4, 0.5) is 0 Å². The Kier molecular flexibility index (Phi) is 25.7. The number of unbranched alkanes of at least 4 members (excludes halogenated alkanes) is 10. The minimum Gasteiger partial charge on any atom is -0.394 e. The minimum absolute atomic E-state index is 0.0484. The van der Waals surface area contributed by atoms with E-state index in [0.717, 1.165) is 77.0 Å². The van der Waals surface area contributed by atoms with E-state index >= 15 is 0 Å². The summed E-state index contributed by atoms with van der Waals surface area (Å²) < 4.78 is 28.2. The van der Waals surface area contributed by atoms with Gasteiger partial charge < -0.3 is 28.8 Å². The molecule has 0 spiro atoms. The van der Waals surface area contributed by atoms with Gasteiger partial charge >= 0.3 is 0 Å². The summed E-state index contributed by atoms with van der Waals surface area (Å²) in [6.07, 6.45) is 16.9. The summed E-state index contributed by atoms with van der Waals surface area (Å²) >= 11 is 0. The Balaban J connectivity index is 3.91. The number of hydrogen-bond acceptors (Lipinski definition) is 8. The third-order valence-corrected chi connectivity index (χ3v) is 8.40. The third kappa shape index (κ3) is 22.6. The zero-order valence-corrected chi connectivity index (χ0v) is 29.9. The Labute approximate surface area is 270 Å². The number of hydrogen-bond donors (Lipinski definition) is 1. The molecule has 0 saturated heterocycles. The van der Waals surface area contributed by atoms with Gasteiger partial charge in [0.2, 0.25) is 0 Å². The van der Waals surface area contributed by atoms with Gasteiger partial charge in [-0.3, -0.25) is 9.59 Å². The van der Waals surface area contributed by atoms with Crippen LogP contribution in [0.2, 0.25) is 0 Å². The quantitative estimate of drug-likeness (QED) is 0.0752. The molecule has 0 saturated carbocycles. The van der Waals surface area contributed by atoms with E-state index in [1.807, 2.05) is 41.5 Å². The molecule has 8 heteroatoms. The SMILES string of the molecule is COC(CO)CCCCCCCCC(=O)C(C)(C)OCCCOC(C)(C)C(=O)CCCCCCCCC(COC(C)C)OC. The van der Waals surface area contributed by atoms with Gasteiger partial charge in [0.25, 0.3) is 0 Å². The number of ether oxygens (including phenoxy) is 5. The van der Waals surface area contributed by atoms with Crippen LogP contribution in [0, 0.1) is 0 Å². The second-order valence-electron chi connectivity index (χ2n) is 13.5. The molecule has 262 valence electrons. The predicted octanol–water partition coefficient (Wildman–Crippen LogP) is 7.79. The number of carbonyl (C=O) groups excluding carboxylic acids is 2. The highest BCUT2D eigenvalue weighted by Gasteiger charge is 2.29. The lowest BCUT2D eigenvalue weighted by Crippen LogP contribution is -2.37. The Bertz CT molecular complexity index is 702. The van der Waals surface area contributed by atoms with Crippen LogP contribution >= 0.6 is 0 Å². The summed E-state index contributed by atoms with van der Waals surface area (Å²) in [5.74, 6) is 0.279. The van der Waals surface area contributed by atoms with Crippen molar-refractivity contribution in [3.05, 3.63) is 0 Å². The smallest absolute Gasteiger partial charge is 0.164 e. The summed E-state index contributed by atoms with van der Waals surface area (Å²) in [5, 5.41) is 9.15. The molecule has 0 rings (SSSR count). The summed E-state index contributed by atoms with van der Waals surface area (Å²) in [4.78, 5) is 25.4. The molecule has 0 fully saturated rings. The molecule has 0 bridgehead atoms. The van der Waals surface area contributed by atoms with Gasteiger partial charge in [0, 0.05) is 27.1 Å². The third-order valence-electron chi connectivity index (χ3n) is 8.40. The Morgan fingerprint density at radius 3 is 1.36 bits per heavy atom. The molecule has 0 aromatic heterocycles. The van der Waals surface area contributed by atoms with Crippen LogP contribution in [-0.2, 0) is 33.3 Å². The fourth-order valence-corrected chi connectivity index (χ4v) is 5.06. The largest absolute Gasteiger partial charge is 0.394 e. The Morgan fingerprint density at radius 1 is 0.591 bits per heavy atom. The first-order chi connectivity index (χ1) is 20.9. The molecule has 8 nitrogen and oxygen atoms in total. The maximum atomic E-state index is 12.7. The van der Waals surface area contributed by atoms with Crippen LogP contribution < -0.4 is 0 Å². The number of methoxy groups -OCH3 is 2. The molecule has 0 amide bonds. The van der Waals surface area contributed by atoms with E-state index < -0.39 is 11.2 Å². The van der Waals surface area contributed by atoms with Crippen LogP contribution in [0.5, 0.6) is 0 Å². The molecule has 0 aliphatic carbocycles. The number of rotatable bonds is 32. The molecule has 2 atom stereocenters. The first-order valence-corrected chi connectivity index (χ1v) is 17.5. The van der Waals surface area contributed by atoms with Gasteiger partial charge in [-0.15, -0.1) is 0 Å². The molecule has 1 N–H and O–H groups in total. The molecular formula is C36H70O8. The van der Waals surface area contributed by atoms with E-state index in [1.54, 1.807) is 14.2 Å². The molecule has 44 heavy (non-hydrogen) atoms. The van der Waals surface area contributed by atoms with Gasteiger partial charge in [0.1, 0.15) is 11.2 Å². The normalized spacial score (nSPS) is 13.9. The molecule has 0 aromatic carbocycles. The first-order valence-electron chi connectivity index (χ1n) is 17.5. The van der Waals surface area contributed by atoms with Crippen molar-refractivity contribution in [2.24, 2.45) is 0 Å². The van der Waals surface area contributed by atoms with Gasteiger partial charge in [-0.05, 0) is 73.6 Å². The van der Waals surface area contributed by atoms with Crippen molar-refractivity contribution in [1.29, 1.82) is 0 Å². The van der Waals surface area contributed by atoms with E-state index in [2.05, 4.69) is 0 Å². The van der Waals surface area contributed by atoms with E-state index in [1.165, 1.54) is 12.8 Å². The summed E-state index contributed by atoms with van der Waals surface area (Å²) in [5.41, 5.74) is -1.61. The zero-order valence-electron chi connectivity index (χ0n) is 29.9. The molecule has 0 aliphatic heterocycles. The monoisotopic (exact) mass is 631 g/mol. The highest BCUT2D eigenvalue weighted by Crippen LogP contribution is 2.20. The maximum absolute atomic E-state index is 12.7. The second kappa shape index (κ2) is 26.2. The lowest BCUT2D eigenvalue weighted by Gasteiger charge is -2.26. The van der Waals surface area contributed by atoms with E-state index in [0.29, 0.717) is 39.1 Å². The summed E-state index contributed by atoms with van der Waals surface area (Å²) in [6.45, 7) is 13.1. The van der Waals surface area contributed by atoms with Crippen molar-refractivity contribution < 1.29 is 38.4 Å². The number of aliphatic hydroxyl groups excluding tert-OH is 1. The lowest BCUT2D eigenvalue weighted by molar-refractivity contribution is -0.144. The summed E-state index contributed by atoms with van der Waals surface area (Å²) in [7, 11) is 3.39. The Hall–Kier alpha value is -0.900. The summed E-state index contributed by atoms with van der Waals surface area (Å²) in [6, 6.07) is 0. The maximum Gasteiger partial charge on any atom is 0.164 e. The zero-order chi connectivity index (χ0) is 33.3. The van der Waals surface area contributed by atoms with Crippen molar-refractivity contribution in [3.63, 3.8) is 0 Å². The van der Waals surface area contributed by atoms with Crippen LogP contribution in [0.25, 0.3) is 0 Å². The van der Waals surface area contributed by atoms with Crippen molar-refractivity contribution in [2.75, 3.05) is 40.6 Å². The number of Topliss-reactive ketones (excluding diaryl/α,β-unsaturated/α-hetero) is 2. The molecular weight excluding hydrogens is 560 g/mol. The highest BCUT2D eigenvalue weighted by atomic mass is 16.5. The predicted molar refractivity (Wildman–Crippen MR) is 178 cm³/mol. The molecule has 0 aliphatic rings. The number of aliphatic hydroxyl groups is 1. The number of ketones is 2. The van der Waals surface area contributed by atoms with Crippen molar-refractivity contribution in [1.82, 2.24) is 0 Å². The molecule has 2 unspecified atom stereocenters. The van der Waals surface area contributed by atoms with Gasteiger partial charge in [0.15, 0.2) is 11.6 Å². The molecule has 0 heterocycles. The van der Waals surface area contributed by atoms with Crippen LogP contribution in [0.1, 0.15) is 151 Å². The lowest BCUT2D eigenvalue weighted by atomic mass is 9.97. The van der Waals surface area contributed by atoms with E-state index in [-0.39, 0.29) is 36.5 Å². The minimum atomic E-state index is -0.807. The van der Waals surface area contributed by atoms with Crippen LogP contribution in [0.3, 0.4) is 0 Å². The van der Waals surface area contributed by atoms with Gasteiger partial charge in [-0.1, -0.05) is 64.2 Å². The number of carbonyl (C=O) groups is 2. The van der Waals surface area contributed by atoms with E-state index in [9.17, 15) is 9.59 Å². The second-order valence-corrected chi connectivity index (χ2v) is 13.5. The Morgan fingerprint density at radius 2 is 0.977 bits per heavy atom. The fourth-order valence-electron chi connectivity index (χ4n) is 5.06. The average molecular weight is 631 g/mol. The first kappa shape index (κ1) is 43.1. The fraction of sp³-hybridized carbons (Fsp3) is 0.944. The van der Waals surface area contributed by atoms with Crippen molar-refractivity contribution >= 4 is 11.6 Å². The molecule has 0 aromatic rings. The van der Waals surface area contributed by atoms with Gasteiger partial charge in [0.05, 0.1) is 44.7 Å². The van der Waals surface area contributed by atoms with Crippen molar-refractivity contribution in [3.8, 4) is 0 Å². The standard InChI is InChI=1S/C36H70O8/c1-30(2)42-29-32(41-8)23-18-14-10-12-16-20-25-34(39)36(5,6)44-27-21-26-43-35(3,4)33(38)24-19-15-11-9-13-17-22-31(28-37)40-7/h30-32,37H,9-29H2,1-8H3. The van der Waals surface area contributed by atoms with Crippen LogP contribution in [0.15, 0.2) is 0 Å². The molecule has 0 radical (unpaired) electrons. The van der Waals surface area contributed by atoms with Crippen LogP contribution in [-0.4, -0.2) is 86.8 Å². The van der Waals surface area contributed by atoms with Gasteiger partial charge in [-0.2, -0.15) is 0 Å². The average Bonchev–Trinajstić information content (AvgIpc) is 2.98. The van der Waals surface area contributed by atoms with Gasteiger partial charge in [-0.25, -0.2) is 0 Å². The topological polar surface area (TPSA) is 101 Å².